The van der Waals surface area contributed by atoms with Gasteiger partial charge in [-0.05, 0) is 61.7 Å². The summed E-state index contributed by atoms with van der Waals surface area (Å²) in [6.45, 7) is 3.91. The summed E-state index contributed by atoms with van der Waals surface area (Å²) >= 11 is 0. The summed E-state index contributed by atoms with van der Waals surface area (Å²) < 4.78 is 6.17. The van der Waals surface area contributed by atoms with Gasteiger partial charge in [0.05, 0.1) is 5.69 Å². The Hall–Kier alpha value is -2.98. The lowest BCUT2D eigenvalue weighted by Gasteiger charge is -2.32. The first kappa shape index (κ1) is 20.9. The van der Waals surface area contributed by atoms with Crippen LogP contribution in [0, 0.1) is 0 Å². The molecule has 1 saturated heterocycles. The number of hydrogen-bond donors (Lipinski definition) is 0. The van der Waals surface area contributed by atoms with E-state index in [9.17, 15) is 0 Å². The molecule has 0 radical (unpaired) electrons. The molecular weight excluding hydrogens is 394 g/mol. The summed E-state index contributed by atoms with van der Waals surface area (Å²) in [5, 5.41) is 0. The van der Waals surface area contributed by atoms with Crippen LogP contribution in [-0.4, -0.2) is 44.7 Å². The van der Waals surface area contributed by atoms with Gasteiger partial charge in [-0.2, -0.15) is 0 Å². The maximum atomic E-state index is 6.17. The molecule has 3 aromatic rings. The monoisotopic (exact) mass is 427 g/mol. The summed E-state index contributed by atoms with van der Waals surface area (Å²) in [7, 11) is 4.21. The molecule has 0 aliphatic carbocycles. The molecular formula is C28H33N3O. The van der Waals surface area contributed by atoms with E-state index in [1.807, 2.05) is 0 Å². The van der Waals surface area contributed by atoms with Gasteiger partial charge in [-0.3, -0.25) is 4.90 Å². The van der Waals surface area contributed by atoms with Gasteiger partial charge in [0.15, 0.2) is 0 Å². The van der Waals surface area contributed by atoms with Gasteiger partial charge in [0.1, 0.15) is 12.4 Å². The van der Waals surface area contributed by atoms with Crippen LogP contribution >= 0.6 is 0 Å². The van der Waals surface area contributed by atoms with Gasteiger partial charge >= 0.3 is 0 Å². The Morgan fingerprint density at radius 1 is 0.938 bits per heavy atom. The Labute approximate surface area is 192 Å². The van der Waals surface area contributed by atoms with Crippen molar-refractivity contribution in [3.8, 4) is 5.75 Å². The average molecular weight is 428 g/mol. The number of hydrogen-bond acceptors (Lipinski definition) is 4. The maximum absolute atomic E-state index is 6.17. The van der Waals surface area contributed by atoms with Crippen molar-refractivity contribution in [3.63, 3.8) is 0 Å². The number of benzene rings is 3. The van der Waals surface area contributed by atoms with Crippen LogP contribution in [0.2, 0.25) is 0 Å². The minimum absolute atomic E-state index is 0.547. The number of likely N-dealkylation sites (tertiary alicyclic amines) is 1. The SMILES string of the molecule is CN(C)c1cccc(CCN2CCC[C@H]2CN2c3ccccc3COc3ccccc32)c1. The van der Waals surface area contributed by atoms with Crippen molar-refractivity contribution < 1.29 is 4.74 Å². The van der Waals surface area contributed by atoms with Gasteiger partial charge in [0.2, 0.25) is 0 Å². The van der Waals surface area contributed by atoms with E-state index in [0.29, 0.717) is 12.6 Å². The van der Waals surface area contributed by atoms with E-state index in [2.05, 4.69) is 102 Å². The van der Waals surface area contributed by atoms with Gasteiger partial charge in [0.25, 0.3) is 0 Å². The van der Waals surface area contributed by atoms with E-state index in [1.165, 1.54) is 47.6 Å². The fourth-order valence-electron chi connectivity index (χ4n) is 5.05. The number of ether oxygens (including phenoxy) is 1. The summed E-state index contributed by atoms with van der Waals surface area (Å²) in [4.78, 5) is 7.37. The Kier molecular flexibility index (Phi) is 6.04. The van der Waals surface area contributed by atoms with E-state index in [1.54, 1.807) is 0 Å². The van der Waals surface area contributed by atoms with Crippen molar-refractivity contribution in [2.75, 3.05) is 43.5 Å². The van der Waals surface area contributed by atoms with Crippen molar-refractivity contribution in [2.24, 2.45) is 0 Å². The molecule has 2 aliphatic heterocycles. The second-order valence-electron chi connectivity index (χ2n) is 9.14. The van der Waals surface area contributed by atoms with Crippen molar-refractivity contribution in [1.82, 2.24) is 4.90 Å². The molecule has 5 rings (SSSR count). The van der Waals surface area contributed by atoms with Gasteiger partial charge in [-0.1, -0.05) is 42.5 Å². The topological polar surface area (TPSA) is 19.0 Å². The first-order chi connectivity index (χ1) is 15.7. The van der Waals surface area contributed by atoms with Crippen molar-refractivity contribution in [1.29, 1.82) is 0 Å². The van der Waals surface area contributed by atoms with Crippen LogP contribution in [0.3, 0.4) is 0 Å². The Balaban J connectivity index is 1.35. The molecule has 1 atom stereocenters. The molecule has 0 spiro atoms. The molecule has 0 unspecified atom stereocenters. The second-order valence-corrected chi connectivity index (χ2v) is 9.14. The lowest BCUT2D eigenvalue weighted by atomic mass is 10.1. The zero-order chi connectivity index (χ0) is 21.9. The van der Waals surface area contributed by atoms with Gasteiger partial charge in [-0.15, -0.1) is 0 Å². The number of nitrogens with zero attached hydrogens (tertiary/aromatic N) is 3. The largest absolute Gasteiger partial charge is 0.487 e. The van der Waals surface area contributed by atoms with Crippen LogP contribution < -0.4 is 14.5 Å². The fourth-order valence-corrected chi connectivity index (χ4v) is 5.05. The van der Waals surface area contributed by atoms with Crippen molar-refractivity contribution >= 4 is 17.1 Å². The van der Waals surface area contributed by atoms with Gasteiger partial charge < -0.3 is 14.5 Å². The number of fused-ring (bicyclic) bond motifs is 2. The van der Waals surface area contributed by atoms with E-state index >= 15 is 0 Å². The van der Waals surface area contributed by atoms with Crippen LogP contribution in [0.15, 0.2) is 72.8 Å². The fraction of sp³-hybridized carbons (Fsp3) is 0.357. The average Bonchev–Trinajstić information content (AvgIpc) is 3.21. The normalized spacial score (nSPS) is 17.9. The standard InChI is InChI=1S/C28H33N3O/c1-29(2)24-11-7-9-22(19-24)16-18-30-17-8-12-25(30)20-31-26-13-4-3-10-23(26)21-32-28-15-6-5-14-27(28)31/h3-7,9-11,13-15,19,25H,8,12,16-18,20-21H2,1-2H3/t25-/m0/s1. The molecule has 32 heavy (non-hydrogen) atoms. The summed E-state index contributed by atoms with van der Waals surface area (Å²) in [6.07, 6.45) is 3.62. The minimum atomic E-state index is 0.547. The van der Waals surface area contributed by atoms with E-state index in [0.717, 1.165) is 25.3 Å². The number of anilines is 3. The molecule has 4 nitrogen and oxygen atoms in total. The lowest BCUT2D eigenvalue weighted by Crippen LogP contribution is -2.39. The minimum Gasteiger partial charge on any atom is -0.487 e. The Morgan fingerprint density at radius 3 is 2.62 bits per heavy atom. The molecule has 0 bridgehead atoms. The molecule has 0 amide bonds. The molecule has 2 heterocycles. The highest BCUT2D eigenvalue weighted by atomic mass is 16.5. The van der Waals surface area contributed by atoms with Crippen molar-refractivity contribution in [2.45, 2.75) is 31.9 Å². The number of para-hydroxylation sites is 3. The van der Waals surface area contributed by atoms with Crippen LogP contribution in [0.1, 0.15) is 24.0 Å². The van der Waals surface area contributed by atoms with Crippen LogP contribution in [0.4, 0.5) is 17.1 Å². The lowest BCUT2D eigenvalue weighted by molar-refractivity contribution is 0.261. The van der Waals surface area contributed by atoms with Gasteiger partial charge in [0, 0.05) is 50.2 Å². The summed E-state index contributed by atoms with van der Waals surface area (Å²) in [6, 6.07) is 26.7. The zero-order valence-electron chi connectivity index (χ0n) is 19.2. The first-order valence-corrected chi connectivity index (χ1v) is 11.8. The van der Waals surface area contributed by atoms with E-state index in [4.69, 9.17) is 4.74 Å². The Morgan fingerprint density at radius 2 is 1.75 bits per heavy atom. The quantitative estimate of drug-likeness (QED) is 0.518. The molecule has 4 heteroatoms. The summed E-state index contributed by atoms with van der Waals surface area (Å²) in [5.41, 5.74) is 6.42. The highest BCUT2D eigenvalue weighted by Gasteiger charge is 2.29. The smallest absolute Gasteiger partial charge is 0.143 e. The van der Waals surface area contributed by atoms with Crippen LogP contribution in [0.5, 0.6) is 5.75 Å². The number of rotatable bonds is 6. The molecule has 1 fully saturated rings. The second kappa shape index (κ2) is 9.25. The molecule has 0 saturated carbocycles. The third-order valence-electron chi connectivity index (χ3n) is 6.83. The molecule has 166 valence electrons. The predicted octanol–water partition coefficient (Wildman–Crippen LogP) is 5.49. The predicted molar refractivity (Wildman–Crippen MR) is 133 cm³/mol. The zero-order valence-corrected chi connectivity index (χ0v) is 19.2. The first-order valence-electron chi connectivity index (χ1n) is 11.8. The van der Waals surface area contributed by atoms with Gasteiger partial charge in [-0.25, -0.2) is 0 Å². The molecule has 0 aromatic heterocycles. The molecule has 2 aliphatic rings. The Bertz CT molecular complexity index is 1020. The van der Waals surface area contributed by atoms with E-state index in [-0.39, 0.29) is 0 Å². The maximum Gasteiger partial charge on any atom is 0.143 e. The van der Waals surface area contributed by atoms with Crippen LogP contribution in [-0.2, 0) is 13.0 Å². The third kappa shape index (κ3) is 4.33. The molecule has 3 aromatic carbocycles. The summed E-state index contributed by atoms with van der Waals surface area (Å²) in [5.74, 6) is 0.980. The third-order valence-corrected chi connectivity index (χ3v) is 6.83. The van der Waals surface area contributed by atoms with Crippen LogP contribution in [0.25, 0.3) is 0 Å². The van der Waals surface area contributed by atoms with E-state index < -0.39 is 0 Å². The van der Waals surface area contributed by atoms with Crippen molar-refractivity contribution in [3.05, 3.63) is 83.9 Å². The highest BCUT2D eigenvalue weighted by Crippen LogP contribution is 2.40. The molecule has 0 N–H and O–H groups in total. The highest BCUT2D eigenvalue weighted by molar-refractivity contribution is 5.72.